The lowest BCUT2D eigenvalue weighted by Gasteiger charge is -2.07. The van der Waals surface area contributed by atoms with E-state index in [-0.39, 0.29) is 0 Å². The summed E-state index contributed by atoms with van der Waals surface area (Å²) in [6, 6.07) is 7.33. The summed E-state index contributed by atoms with van der Waals surface area (Å²) in [6.07, 6.45) is 7.10. The summed E-state index contributed by atoms with van der Waals surface area (Å²) in [5.41, 5.74) is 5.18. The molecule has 0 spiro atoms. The van der Waals surface area contributed by atoms with Gasteiger partial charge in [-0.1, -0.05) is 30.3 Å². The first kappa shape index (κ1) is 8.56. The Bertz CT molecular complexity index is 502. The number of nitrogens with two attached hydrogens (primary N) is 1. The number of amides is 2. The molecule has 0 bridgehead atoms. The number of benzene rings is 1. The lowest BCUT2D eigenvalue weighted by atomic mass is 10.2. The zero-order valence-electron chi connectivity index (χ0n) is 7.55. The molecular weight excluding hydrogens is 176 g/mol. The van der Waals surface area contributed by atoms with Crippen molar-refractivity contribution in [1.82, 2.24) is 4.90 Å². The summed E-state index contributed by atoms with van der Waals surface area (Å²) in [6.45, 7) is 0. The zero-order chi connectivity index (χ0) is 9.97. The molecule has 1 aliphatic heterocycles. The highest BCUT2D eigenvalue weighted by molar-refractivity contribution is 5.78. The molecule has 1 heterocycles. The van der Waals surface area contributed by atoms with Gasteiger partial charge < -0.3 is 5.73 Å². The van der Waals surface area contributed by atoms with Crippen molar-refractivity contribution in [3.8, 4) is 0 Å². The molecule has 2 amide bonds. The van der Waals surface area contributed by atoms with Gasteiger partial charge in [-0.25, -0.2) is 4.79 Å². The standard InChI is InChI=1S/C11H10N2O/c12-11(14)13-7-3-6-9-4-1-2-5-10(9)8-13/h1-8H,(H2,12,14). The molecule has 0 unspecified atom stereocenters. The Kier molecular flexibility index (Phi) is 2.07. The first-order chi connectivity index (χ1) is 6.77. The second kappa shape index (κ2) is 3.38. The third-order valence-electron chi connectivity index (χ3n) is 2.05. The maximum absolute atomic E-state index is 11.0. The van der Waals surface area contributed by atoms with Crippen LogP contribution in [0, 0.1) is 0 Å². The smallest absolute Gasteiger partial charge is 0.322 e. The van der Waals surface area contributed by atoms with Crippen molar-refractivity contribution in [2.45, 2.75) is 0 Å². The monoisotopic (exact) mass is 186 g/mol. The average molecular weight is 186 g/mol. The van der Waals surface area contributed by atoms with Crippen LogP contribution >= 0.6 is 0 Å². The molecule has 0 saturated carbocycles. The van der Waals surface area contributed by atoms with Crippen LogP contribution in [0.1, 0.15) is 0 Å². The van der Waals surface area contributed by atoms with Crippen LogP contribution in [-0.2, 0) is 0 Å². The number of carbonyl (C=O) groups excluding carboxylic acids is 1. The van der Waals surface area contributed by atoms with E-state index in [2.05, 4.69) is 0 Å². The van der Waals surface area contributed by atoms with Gasteiger partial charge in [-0.3, -0.25) is 4.90 Å². The van der Waals surface area contributed by atoms with Gasteiger partial charge in [-0.2, -0.15) is 0 Å². The number of urea groups is 1. The maximum atomic E-state index is 11.0. The summed E-state index contributed by atoms with van der Waals surface area (Å²) in [5, 5.41) is 2.06. The van der Waals surface area contributed by atoms with Crippen LogP contribution in [0.15, 0.2) is 36.5 Å². The van der Waals surface area contributed by atoms with Crippen molar-refractivity contribution in [2.24, 2.45) is 5.73 Å². The van der Waals surface area contributed by atoms with E-state index in [4.69, 9.17) is 5.73 Å². The maximum Gasteiger partial charge on any atom is 0.322 e. The molecule has 2 N–H and O–H groups in total. The predicted molar refractivity (Wildman–Crippen MR) is 55.2 cm³/mol. The van der Waals surface area contributed by atoms with E-state index >= 15 is 0 Å². The Morgan fingerprint density at radius 2 is 1.93 bits per heavy atom. The normalized spacial score (nSPS) is 13.6. The van der Waals surface area contributed by atoms with Crippen molar-refractivity contribution in [3.63, 3.8) is 0 Å². The molecule has 0 radical (unpaired) electrons. The van der Waals surface area contributed by atoms with E-state index in [1.807, 2.05) is 30.3 Å². The highest BCUT2D eigenvalue weighted by Crippen LogP contribution is 1.93. The Morgan fingerprint density at radius 3 is 2.64 bits per heavy atom. The zero-order valence-corrected chi connectivity index (χ0v) is 7.55. The Balaban J connectivity index is 2.63. The first-order valence-corrected chi connectivity index (χ1v) is 4.30. The molecule has 0 atom stereocenters. The number of carbonyl (C=O) groups is 1. The fourth-order valence-electron chi connectivity index (χ4n) is 1.35. The van der Waals surface area contributed by atoms with Gasteiger partial charge in [0.1, 0.15) is 0 Å². The molecule has 0 aromatic heterocycles. The number of allylic oxidation sites excluding steroid dienone is 1. The second-order valence-electron chi connectivity index (χ2n) is 3.01. The van der Waals surface area contributed by atoms with Crippen LogP contribution in [0.5, 0.6) is 0 Å². The van der Waals surface area contributed by atoms with E-state index in [0.717, 1.165) is 10.4 Å². The molecule has 1 aromatic carbocycles. The summed E-state index contributed by atoms with van der Waals surface area (Å²) < 4.78 is 0. The number of rotatable bonds is 0. The van der Waals surface area contributed by atoms with Gasteiger partial charge in [0.15, 0.2) is 0 Å². The van der Waals surface area contributed by atoms with Crippen molar-refractivity contribution < 1.29 is 4.79 Å². The van der Waals surface area contributed by atoms with Crippen LogP contribution in [0.2, 0.25) is 0 Å². The highest BCUT2D eigenvalue weighted by Gasteiger charge is 2.02. The number of fused-ring (bicyclic) bond motifs is 1. The topological polar surface area (TPSA) is 46.3 Å². The molecule has 0 fully saturated rings. The van der Waals surface area contributed by atoms with E-state index in [9.17, 15) is 4.79 Å². The SMILES string of the molecule is NC(=O)N1C=CC=c2ccccc2=C1. The molecular formula is C11H10N2O. The van der Waals surface area contributed by atoms with Crippen LogP contribution in [0.25, 0.3) is 12.3 Å². The van der Waals surface area contributed by atoms with E-state index in [0.29, 0.717) is 0 Å². The number of nitrogens with zero attached hydrogens (tertiary/aromatic N) is 1. The number of hydrogen-bond donors (Lipinski definition) is 1. The van der Waals surface area contributed by atoms with E-state index in [1.165, 1.54) is 4.90 Å². The lowest BCUT2D eigenvalue weighted by molar-refractivity contribution is 0.238. The van der Waals surface area contributed by atoms with Gasteiger partial charge in [0, 0.05) is 12.4 Å². The minimum atomic E-state index is -0.480. The first-order valence-electron chi connectivity index (χ1n) is 4.30. The Morgan fingerprint density at radius 1 is 1.21 bits per heavy atom. The van der Waals surface area contributed by atoms with E-state index < -0.39 is 6.03 Å². The van der Waals surface area contributed by atoms with Crippen molar-refractivity contribution >= 4 is 18.3 Å². The van der Waals surface area contributed by atoms with Crippen molar-refractivity contribution in [2.75, 3.05) is 0 Å². The fraction of sp³-hybridized carbons (Fsp3) is 0. The van der Waals surface area contributed by atoms with Gasteiger partial charge in [0.25, 0.3) is 0 Å². The van der Waals surface area contributed by atoms with Gasteiger partial charge >= 0.3 is 6.03 Å². The molecule has 0 aliphatic carbocycles. The summed E-state index contributed by atoms with van der Waals surface area (Å²) >= 11 is 0. The van der Waals surface area contributed by atoms with Gasteiger partial charge in [0.05, 0.1) is 0 Å². The van der Waals surface area contributed by atoms with Gasteiger partial charge in [0.2, 0.25) is 0 Å². The quantitative estimate of drug-likeness (QED) is 0.614. The number of hydrogen-bond acceptors (Lipinski definition) is 1. The average Bonchev–Trinajstić information content (AvgIpc) is 2.39. The highest BCUT2D eigenvalue weighted by atomic mass is 16.2. The van der Waals surface area contributed by atoms with Crippen LogP contribution < -0.4 is 16.2 Å². The van der Waals surface area contributed by atoms with Gasteiger partial charge in [-0.05, 0) is 16.5 Å². The third kappa shape index (κ3) is 1.52. The Hall–Kier alpha value is -2.03. The van der Waals surface area contributed by atoms with Crippen LogP contribution in [0.3, 0.4) is 0 Å². The molecule has 3 heteroatoms. The summed E-state index contributed by atoms with van der Waals surface area (Å²) in [4.78, 5) is 12.3. The van der Waals surface area contributed by atoms with Crippen molar-refractivity contribution in [3.05, 3.63) is 47.0 Å². The Labute approximate surface area is 81.4 Å². The third-order valence-corrected chi connectivity index (χ3v) is 2.05. The minimum absolute atomic E-state index is 0.480. The van der Waals surface area contributed by atoms with Crippen LogP contribution in [-0.4, -0.2) is 10.9 Å². The van der Waals surface area contributed by atoms with E-state index in [1.54, 1.807) is 18.5 Å². The largest absolute Gasteiger partial charge is 0.351 e. The second-order valence-corrected chi connectivity index (χ2v) is 3.01. The summed E-state index contributed by atoms with van der Waals surface area (Å²) in [7, 11) is 0. The molecule has 0 saturated heterocycles. The molecule has 14 heavy (non-hydrogen) atoms. The predicted octanol–water partition coefficient (Wildman–Crippen LogP) is 0.113. The van der Waals surface area contributed by atoms with Crippen molar-refractivity contribution in [1.29, 1.82) is 0 Å². The van der Waals surface area contributed by atoms with Gasteiger partial charge in [-0.15, -0.1) is 0 Å². The van der Waals surface area contributed by atoms with Crippen LogP contribution in [0.4, 0.5) is 4.79 Å². The lowest BCUT2D eigenvalue weighted by Crippen LogP contribution is -2.31. The molecule has 1 aromatic rings. The fourth-order valence-corrected chi connectivity index (χ4v) is 1.35. The molecule has 70 valence electrons. The molecule has 2 rings (SSSR count). The summed E-state index contributed by atoms with van der Waals surface area (Å²) in [5.74, 6) is 0. The molecule has 3 nitrogen and oxygen atoms in total. The minimum Gasteiger partial charge on any atom is -0.351 e. The number of primary amides is 1. The molecule has 1 aliphatic rings.